The summed E-state index contributed by atoms with van der Waals surface area (Å²) in [6.07, 6.45) is 1.12. The summed E-state index contributed by atoms with van der Waals surface area (Å²) < 4.78 is 17.8. The van der Waals surface area contributed by atoms with Crippen LogP contribution in [0.25, 0.3) is 11.1 Å². The zero-order chi connectivity index (χ0) is 14.7. The van der Waals surface area contributed by atoms with E-state index in [1.807, 2.05) is 0 Å². The monoisotopic (exact) mass is 278 g/mol. The van der Waals surface area contributed by atoms with Gasteiger partial charge in [0.15, 0.2) is 0 Å². The van der Waals surface area contributed by atoms with Crippen molar-refractivity contribution in [3.05, 3.63) is 52.1 Å². The molecular weight excluding hydrogens is 267 g/mol. The number of carbonyl (C=O) groups is 1. The summed E-state index contributed by atoms with van der Waals surface area (Å²) in [6.45, 7) is 1.78. The van der Waals surface area contributed by atoms with Crippen LogP contribution >= 0.6 is 0 Å². The molecule has 0 bridgehead atoms. The van der Waals surface area contributed by atoms with Gasteiger partial charge in [-0.2, -0.15) is 0 Å². The van der Waals surface area contributed by atoms with E-state index in [0.717, 1.165) is 6.20 Å². The average Bonchev–Trinajstić information content (AvgIpc) is 2.84. The molecule has 0 spiro atoms. The maximum atomic E-state index is 12.9. The van der Waals surface area contributed by atoms with Crippen LogP contribution in [0.5, 0.6) is 0 Å². The van der Waals surface area contributed by atoms with Crippen molar-refractivity contribution >= 4 is 11.7 Å². The lowest BCUT2D eigenvalue weighted by Crippen LogP contribution is -2.06. The van der Waals surface area contributed by atoms with Gasteiger partial charge in [-0.1, -0.05) is 12.1 Å². The maximum absolute atomic E-state index is 12.9. The van der Waals surface area contributed by atoms with E-state index in [-0.39, 0.29) is 23.6 Å². The molecular formula is C13H11FN2O4. The van der Waals surface area contributed by atoms with E-state index in [4.69, 9.17) is 4.74 Å². The number of esters is 1. The van der Waals surface area contributed by atoms with Crippen LogP contribution in [-0.2, 0) is 4.74 Å². The number of aromatic amines is 1. The van der Waals surface area contributed by atoms with E-state index >= 15 is 0 Å². The van der Waals surface area contributed by atoms with E-state index in [2.05, 4.69) is 4.98 Å². The fourth-order valence-corrected chi connectivity index (χ4v) is 1.83. The number of hydrogen-bond donors (Lipinski definition) is 1. The van der Waals surface area contributed by atoms with Crippen molar-refractivity contribution in [3.63, 3.8) is 0 Å². The molecule has 0 amide bonds. The molecule has 0 saturated heterocycles. The summed E-state index contributed by atoms with van der Waals surface area (Å²) >= 11 is 0. The SMILES string of the molecule is CCOC(=O)c1[nH]cc([N+](=O)[O-])c1-c1ccc(F)cc1. The van der Waals surface area contributed by atoms with Crippen LogP contribution in [0.4, 0.5) is 10.1 Å². The van der Waals surface area contributed by atoms with Crippen molar-refractivity contribution in [1.82, 2.24) is 4.98 Å². The smallest absolute Gasteiger partial charge is 0.355 e. The minimum Gasteiger partial charge on any atom is -0.461 e. The number of rotatable bonds is 4. The molecule has 0 aliphatic carbocycles. The molecule has 0 atom stereocenters. The summed E-state index contributed by atoms with van der Waals surface area (Å²) in [5.41, 5.74) is 0.167. The third-order valence-corrected chi connectivity index (χ3v) is 2.67. The molecule has 0 fully saturated rings. The van der Waals surface area contributed by atoms with Crippen molar-refractivity contribution in [2.75, 3.05) is 6.61 Å². The Balaban J connectivity index is 2.58. The minimum atomic E-state index is -0.695. The molecule has 0 radical (unpaired) electrons. The molecule has 7 heteroatoms. The largest absolute Gasteiger partial charge is 0.461 e. The Morgan fingerprint density at radius 2 is 2.05 bits per heavy atom. The zero-order valence-electron chi connectivity index (χ0n) is 10.6. The quantitative estimate of drug-likeness (QED) is 0.529. The second-order valence-electron chi connectivity index (χ2n) is 3.91. The lowest BCUT2D eigenvalue weighted by Gasteiger charge is -2.04. The predicted molar refractivity (Wildman–Crippen MR) is 68.8 cm³/mol. The van der Waals surface area contributed by atoms with Gasteiger partial charge in [-0.15, -0.1) is 0 Å². The number of nitrogens with zero attached hydrogens (tertiary/aromatic N) is 1. The van der Waals surface area contributed by atoms with E-state index < -0.39 is 16.7 Å². The van der Waals surface area contributed by atoms with Gasteiger partial charge in [0.25, 0.3) is 5.69 Å². The number of aromatic nitrogens is 1. The molecule has 1 N–H and O–H groups in total. The van der Waals surface area contributed by atoms with Gasteiger partial charge in [0, 0.05) is 0 Å². The van der Waals surface area contributed by atoms with Crippen LogP contribution in [0.1, 0.15) is 17.4 Å². The normalized spacial score (nSPS) is 10.3. The van der Waals surface area contributed by atoms with E-state index in [0.29, 0.717) is 5.56 Å². The van der Waals surface area contributed by atoms with Crippen molar-refractivity contribution in [1.29, 1.82) is 0 Å². The number of nitro groups is 1. The summed E-state index contributed by atoms with van der Waals surface area (Å²) in [5, 5.41) is 11.0. The second kappa shape index (κ2) is 5.52. The molecule has 0 aliphatic heterocycles. The van der Waals surface area contributed by atoms with Gasteiger partial charge in [0.2, 0.25) is 0 Å². The summed E-state index contributed by atoms with van der Waals surface area (Å²) in [6, 6.07) is 5.07. The lowest BCUT2D eigenvalue weighted by molar-refractivity contribution is -0.384. The van der Waals surface area contributed by atoms with Crippen molar-refractivity contribution in [2.45, 2.75) is 6.92 Å². The Hall–Kier alpha value is -2.70. The molecule has 1 aromatic heterocycles. The number of H-pyrrole nitrogens is 1. The summed E-state index contributed by atoms with van der Waals surface area (Å²) in [7, 11) is 0. The molecule has 1 aromatic carbocycles. The molecule has 0 saturated carbocycles. The standard InChI is InChI=1S/C13H11FN2O4/c1-2-20-13(17)12-11(10(7-15-12)16(18)19)8-3-5-9(14)6-4-8/h3-7,15H,2H2,1H3. The summed E-state index contributed by atoms with van der Waals surface area (Å²) in [5.74, 6) is -1.16. The highest BCUT2D eigenvalue weighted by molar-refractivity contribution is 5.98. The minimum absolute atomic E-state index is 0.0230. The third kappa shape index (κ3) is 2.51. The fraction of sp³-hybridized carbons (Fsp3) is 0.154. The second-order valence-corrected chi connectivity index (χ2v) is 3.91. The van der Waals surface area contributed by atoms with Gasteiger partial charge < -0.3 is 9.72 Å². The van der Waals surface area contributed by atoms with Crippen LogP contribution in [0.15, 0.2) is 30.5 Å². The molecule has 1 heterocycles. The first-order valence-corrected chi connectivity index (χ1v) is 5.83. The van der Waals surface area contributed by atoms with E-state index in [9.17, 15) is 19.3 Å². The Morgan fingerprint density at radius 3 is 2.60 bits per heavy atom. The van der Waals surface area contributed by atoms with Crippen LogP contribution in [0.2, 0.25) is 0 Å². The van der Waals surface area contributed by atoms with Gasteiger partial charge in [-0.25, -0.2) is 9.18 Å². The van der Waals surface area contributed by atoms with Crippen molar-refractivity contribution in [3.8, 4) is 11.1 Å². The molecule has 2 aromatic rings. The van der Waals surface area contributed by atoms with Gasteiger partial charge >= 0.3 is 5.97 Å². The number of halogens is 1. The number of ether oxygens (including phenoxy) is 1. The van der Waals surface area contributed by atoms with E-state index in [1.54, 1.807) is 6.92 Å². The van der Waals surface area contributed by atoms with Gasteiger partial charge in [0.1, 0.15) is 11.5 Å². The van der Waals surface area contributed by atoms with Crippen molar-refractivity contribution in [2.24, 2.45) is 0 Å². The summed E-state index contributed by atoms with van der Waals surface area (Å²) in [4.78, 5) is 24.7. The first-order valence-electron chi connectivity index (χ1n) is 5.83. The van der Waals surface area contributed by atoms with Gasteiger partial charge in [-0.3, -0.25) is 10.1 Å². The van der Waals surface area contributed by atoms with Gasteiger partial charge in [0.05, 0.1) is 23.3 Å². The lowest BCUT2D eigenvalue weighted by atomic mass is 10.0. The Kier molecular flexibility index (Phi) is 3.79. The number of benzene rings is 1. The molecule has 20 heavy (non-hydrogen) atoms. The van der Waals surface area contributed by atoms with Crippen LogP contribution in [0.3, 0.4) is 0 Å². The average molecular weight is 278 g/mol. The predicted octanol–water partition coefficient (Wildman–Crippen LogP) is 2.91. The van der Waals surface area contributed by atoms with Crippen molar-refractivity contribution < 1.29 is 18.8 Å². The fourth-order valence-electron chi connectivity index (χ4n) is 1.83. The van der Waals surface area contributed by atoms with Gasteiger partial charge in [-0.05, 0) is 24.6 Å². The Bertz CT molecular complexity index is 649. The number of carbonyl (C=O) groups excluding carboxylic acids is 1. The zero-order valence-corrected chi connectivity index (χ0v) is 10.6. The molecule has 2 rings (SSSR count). The first kappa shape index (κ1) is 13.7. The molecule has 104 valence electrons. The highest BCUT2D eigenvalue weighted by Crippen LogP contribution is 2.33. The highest BCUT2D eigenvalue weighted by atomic mass is 19.1. The maximum Gasteiger partial charge on any atom is 0.355 e. The number of nitrogens with one attached hydrogen (secondary N) is 1. The number of hydrogen-bond acceptors (Lipinski definition) is 4. The molecule has 0 aliphatic rings. The van der Waals surface area contributed by atoms with Crippen LogP contribution in [-0.4, -0.2) is 22.5 Å². The van der Waals surface area contributed by atoms with E-state index in [1.165, 1.54) is 24.3 Å². The topological polar surface area (TPSA) is 85.2 Å². The van der Waals surface area contributed by atoms with Crippen LogP contribution < -0.4 is 0 Å². The van der Waals surface area contributed by atoms with Crippen LogP contribution in [0, 0.1) is 15.9 Å². The Morgan fingerprint density at radius 1 is 1.40 bits per heavy atom. The highest BCUT2D eigenvalue weighted by Gasteiger charge is 2.26. The molecule has 0 unspecified atom stereocenters. The third-order valence-electron chi connectivity index (χ3n) is 2.67. The molecule has 6 nitrogen and oxygen atoms in total. The first-order chi connectivity index (χ1) is 9.54. The Labute approximate surface area is 113 Å².